The highest BCUT2D eigenvalue weighted by Gasteiger charge is 2.10. The number of aryl methyl sites for hydroxylation is 2. The van der Waals surface area contributed by atoms with Gasteiger partial charge >= 0.3 is 0 Å². The lowest BCUT2D eigenvalue weighted by atomic mass is 10.1. The van der Waals surface area contributed by atoms with Gasteiger partial charge in [-0.3, -0.25) is 4.79 Å². The third-order valence-electron chi connectivity index (χ3n) is 4.30. The predicted octanol–water partition coefficient (Wildman–Crippen LogP) is 3.98. The first-order chi connectivity index (χ1) is 14.0. The topological polar surface area (TPSA) is 85.4 Å². The molecule has 0 saturated heterocycles. The lowest BCUT2D eigenvalue weighted by Crippen LogP contribution is -2.15. The van der Waals surface area contributed by atoms with E-state index in [1.165, 1.54) is 6.33 Å². The monoisotopic (exact) mass is 392 g/mol. The molecular weight excluding hydrogens is 368 g/mol. The standard InChI is InChI=1S/C22H24N4O3/c1-14-7-15(2)9-17(8-14)26-22(27)18-11-21(25-13-24-18)23-12-16-5-6-19(28-3)20(10-16)29-4/h5-11,13H,12H2,1-4H3,(H,26,27)(H,23,24,25). The van der Waals surface area contributed by atoms with E-state index in [1.807, 2.05) is 44.2 Å². The van der Waals surface area contributed by atoms with Gasteiger partial charge in [0.05, 0.1) is 14.2 Å². The minimum Gasteiger partial charge on any atom is -0.493 e. The van der Waals surface area contributed by atoms with E-state index >= 15 is 0 Å². The number of anilines is 2. The van der Waals surface area contributed by atoms with Gasteiger partial charge in [-0.25, -0.2) is 9.97 Å². The fourth-order valence-corrected chi connectivity index (χ4v) is 3.00. The van der Waals surface area contributed by atoms with Crippen LogP contribution in [0, 0.1) is 13.8 Å². The number of rotatable bonds is 7. The Kier molecular flexibility index (Phi) is 6.29. The van der Waals surface area contributed by atoms with Crippen LogP contribution in [-0.4, -0.2) is 30.1 Å². The van der Waals surface area contributed by atoms with Crippen LogP contribution in [0.4, 0.5) is 11.5 Å². The number of aromatic nitrogens is 2. The van der Waals surface area contributed by atoms with Crippen LogP contribution in [0.25, 0.3) is 0 Å². The first-order valence-corrected chi connectivity index (χ1v) is 9.15. The largest absolute Gasteiger partial charge is 0.493 e. The Morgan fingerprint density at radius 2 is 1.66 bits per heavy atom. The van der Waals surface area contributed by atoms with Crippen LogP contribution >= 0.6 is 0 Å². The van der Waals surface area contributed by atoms with Gasteiger partial charge in [0.2, 0.25) is 0 Å². The van der Waals surface area contributed by atoms with Crippen molar-refractivity contribution in [2.45, 2.75) is 20.4 Å². The van der Waals surface area contributed by atoms with E-state index < -0.39 is 0 Å². The van der Waals surface area contributed by atoms with Crippen LogP contribution in [0.3, 0.4) is 0 Å². The van der Waals surface area contributed by atoms with E-state index in [1.54, 1.807) is 20.3 Å². The van der Waals surface area contributed by atoms with Gasteiger partial charge in [0, 0.05) is 18.3 Å². The number of nitrogens with zero attached hydrogens (tertiary/aromatic N) is 2. The summed E-state index contributed by atoms with van der Waals surface area (Å²) in [5.74, 6) is 1.60. The van der Waals surface area contributed by atoms with Crippen LogP contribution < -0.4 is 20.1 Å². The van der Waals surface area contributed by atoms with Crippen LogP contribution in [0.1, 0.15) is 27.2 Å². The summed E-state index contributed by atoms with van der Waals surface area (Å²) in [6.45, 7) is 4.49. The number of ether oxygens (including phenoxy) is 2. The molecule has 0 aliphatic carbocycles. The summed E-state index contributed by atoms with van der Waals surface area (Å²) in [6.07, 6.45) is 1.37. The molecule has 7 heteroatoms. The molecule has 0 unspecified atom stereocenters. The average molecular weight is 392 g/mol. The molecule has 0 aliphatic heterocycles. The van der Waals surface area contributed by atoms with Crippen LogP contribution in [0.2, 0.25) is 0 Å². The molecule has 29 heavy (non-hydrogen) atoms. The number of methoxy groups -OCH3 is 2. The molecule has 0 aliphatic rings. The number of carbonyl (C=O) groups is 1. The van der Waals surface area contributed by atoms with Crippen molar-refractivity contribution in [3.8, 4) is 11.5 Å². The molecule has 0 bridgehead atoms. The van der Waals surface area contributed by atoms with Gasteiger partial charge in [-0.05, 0) is 54.8 Å². The van der Waals surface area contributed by atoms with Gasteiger partial charge in [-0.15, -0.1) is 0 Å². The zero-order valence-corrected chi connectivity index (χ0v) is 16.9. The van der Waals surface area contributed by atoms with Gasteiger partial charge in [0.25, 0.3) is 5.91 Å². The fourth-order valence-electron chi connectivity index (χ4n) is 3.00. The smallest absolute Gasteiger partial charge is 0.274 e. The highest BCUT2D eigenvalue weighted by molar-refractivity contribution is 6.03. The Hall–Kier alpha value is -3.61. The second kappa shape index (κ2) is 9.05. The summed E-state index contributed by atoms with van der Waals surface area (Å²) < 4.78 is 10.6. The molecule has 1 aromatic heterocycles. The quantitative estimate of drug-likeness (QED) is 0.633. The van der Waals surface area contributed by atoms with E-state index in [2.05, 4.69) is 26.7 Å². The van der Waals surface area contributed by atoms with E-state index in [0.29, 0.717) is 23.9 Å². The molecule has 7 nitrogen and oxygen atoms in total. The highest BCUT2D eigenvalue weighted by Crippen LogP contribution is 2.27. The van der Waals surface area contributed by atoms with Crippen molar-refractivity contribution in [3.63, 3.8) is 0 Å². The zero-order valence-electron chi connectivity index (χ0n) is 16.9. The van der Waals surface area contributed by atoms with Crippen LogP contribution in [0.15, 0.2) is 48.8 Å². The van der Waals surface area contributed by atoms with E-state index in [4.69, 9.17) is 9.47 Å². The van der Waals surface area contributed by atoms with Gasteiger partial charge in [-0.1, -0.05) is 12.1 Å². The molecule has 2 aromatic carbocycles. The molecule has 2 N–H and O–H groups in total. The van der Waals surface area contributed by atoms with Gasteiger partial charge in [0.15, 0.2) is 11.5 Å². The number of benzene rings is 2. The first-order valence-electron chi connectivity index (χ1n) is 9.15. The maximum absolute atomic E-state index is 12.6. The van der Waals surface area contributed by atoms with Gasteiger partial charge in [0.1, 0.15) is 17.8 Å². The molecule has 0 spiro atoms. The number of carbonyl (C=O) groups excluding carboxylic acids is 1. The van der Waals surface area contributed by atoms with Gasteiger partial charge < -0.3 is 20.1 Å². The van der Waals surface area contributed by atoms with E-state index in [0.717, 1.165) is 22.4 Å². The maximum Gasteiger partial charge on any atom is 0.274 e. The van der Waals surface area contributed by atoms with E-state index in [-0.39, 0.29) is 11.6 Å². The Morgan fingerprint density at radius 1 is 0.931 bits per heavy atom. The number of nitrogens with one attached hydrogen (secondary N) is 2. The normalized spacial score (nSPS) is 10.3. The summed E-state index contributed by atoms with van der Waals surface area (Å²) in [5.41, 5.74) is 4.18. The van der Waals surface area contributed by atoms with Crippen molar-refractivity contribution < 1.29 is 14.3 Å². The third-order valence-corrected chi connectivity index (χ3v) is 4.30. The van der Waals surface area contributed by atoms with Crippen LogP contribution in [-0.2, 0) is 6.54 Å². The molecule has 150 valence electrons. The lowest BCUT2D eigenvalue weighted by molar-refractivity contribution is 0.102. The Bertz CT molecular complexity index is 1000. The summed E-state index contributed by atoms with van der Waals surface area (Å²) >= 11 is 0. The Morgan fingerprint density at radius 3 is 2.34 bits per heavy atom. The van der Waals surface area contributed by atoms with Crippen molar-refractivity contribution in [3.05, 3.63) is 71.2 Å². The van der Waals surface area contributed by atoms with Crippen molar-refractivity contribution in [1.82, 2.24) is 9.97 Å². The molecule has 0 radical (unpaired) electrons. The van der Waals surface area contributed by atoms with Crippen molar-refractivity contribution in [1.29, 1.82) is 0 Å². The zero-order chi connectivity index (χ0) is 20.8. The van der Waals surface area contributed by atoms with Crippen LogP contribution in [0.5, 0.6) is 11.5 Å². The number of amides is 1. The number of hydrogen-bond donors (Lipinski definition) is 2. The number of hydrogen-bond acceptors (Lipinski definition) is 6. The Balaban J connectivity index is 1.68. The second-order valence-electron chi connectivity index (χ2n) is 6.66. The summed E-state index contributed by atoms with van der Waals surface area (Å²) in [5, 5.41) is 6.08. The second-order valence-corrected chi connectivity index (χ2v) is 6.66. The molecular formula is C22H24N4O3. The molecule has 3 aromatic rings. The highest BCUT2D eigenvalue weighted by atomic mass is 16.5. The molecule has 1 heterocycles. The molecule has 0 fully saturated rings. The minimum atomic E-state index is -0.286. The average Bonchev–Trinajstić information content (AvgIpc) is 2.71. The molecule has 0 saturated carbocycles. The Labute approximate surface area is 170 Å². The SMILES string of the molecule is COc1ccc(CNc2cc(C(=O)Nc3cc(C)cc(C)c3)ncn2)cc1OC. The third kappa shape index (κ3) is 5.22. The molecule has 3 rings (SSSR count). The van der Waals surface area contributed by atoms with Crippen molar-refractivity contribution in [2.75, 3.05) is 24.9 Å². The van der Waals surface area contributed by atoms with Gasteiger partial charge in [-0.2, -0.15) is 0 Å². The minimum absolute atomic E-state index is 0.286. The summed E-state index contributed by atoms with van der Waals surface area (Å²) in [4.78, 5) is 20.8. The summed E-state index contributed by atoms with van der Waals surface area (Å²) in [7, 11) is 3.20. The fraction of sp³-hybridized carbons (Fsp3) is 0.227. The van der Waals surface area contributed by atoms with E-state index in [9.17, 15) is 4.79 Å². The predicted molar refractivity (Wildman–Crippen MR) is 113 cm³/mol. The van der Waals surface area contributed by atoms with Crippen molar-refractivity contribution >= 4 is 17.4 Å². The maximum atomic E-state index is 12.6. The lowest BCUT2D eigenvalue weighted by Gasteiger charge is -2.11. The molecule has 0 atom stereocenters. The van der Waals surface area contributed by atoms with Crippen molar-refractivity contribution in [2.24, 2.45) is 0 Å². The molecule has 1 amide bonds. The first kappa shape index (κ1) is 20.1. The summed E-state index contributed by atoms with van der Waals surface area (Å²) in [6, 6.07) is 13.2.